The Bertz CT molecular complexity index is 1080. The summed E-state index contributed by atoms with van der Waals surface area (Å²) in [4.78, 5) is 50.8. The number of carbonyl (C=O) groups is 4. The van der Waals surface area contributed by atoms with Crippen LogP contribution in [0.4, 0.5) is 11.4 Å². The first-order valence-electron chi connectivity index (χ1n) is 11.5. The van der Waals surface area contributed by atoms with Gasteiger partial charge in [0.25, 0.3) is 0 Å². The third kappa shape index (κ3) is 9.37. The summed E-state index contributed by atoms with van der Waals surface area (Å²) >= 11 is 1.10. The molecule has 194 valence electrons. The summed E-state index contributed by atoms with van der Waals surface area (Å²) in [5, 5.41) is 2.78. The summed E-state index contributed by atoms with van der Waals surface area (Å²) in [7, 11) is 3.91. The number of benzene rings is 2. The molecule has 36 heavy (non-hydrogen) atoms. The predicted octanol–water partition coefficient (Wildman–Crippen LogP) is 4.53. The van der Waals surface area contributed by atoms with Crippen LogP contribution in [0.5, 0.6) is 0 Å². The van der Waals surface area contributed by atoms with E-state index < -0.39 is 30.1 Å². The van der Waals surface area contributed by atoms with Gasteiger partial charge >= 0.3 is 11.9 Å². The predicted molar refractivity (Wildman–Crippen MR) is 142 cm³/mol. The summed E-state index contributed by atoms with van der Waals surface area (Å²) in [6, 6.07) is 14.2. The van der Waals surface area contributed by atoms with Gasteiger partial charge in [-0.1, -0.05) is 30.0 Å². The van der Waals surface area contributed by atoms with Crippen LogP contribution in [0, 0.1) is 11.3 Å². The molecule has 0 radical (unpaired) electrons. The highest BCUT2D eigenvalue weighted by atomic mass is 32.2. The molecule has 0 aromatic heterocycles. The second-order valence-corrected chi connectivity index (χ2v) is 10.8. The maximum atomic E-state index is 13.1. The van der Waals surface area contributed by atoms with Crippen molar-refractivity contribution in [2.45, 2.75) is 34.1 Å². The van der Waals surface area contributed by atoms with Gasteiger partial charge in [-0.05, 0) is 63.1 Å². The van der Waals surface area contributed by atoms with Gasteiger partial charge in [0.2, 0.25) is 12.7 Å². The smallest absolute Gasteiger partial charge is 0.341 e. The molecule has 1 atom stereocenters. The normalized spacial score (nSPS) is 11.8. The Morgan fingerprint density at radius 1 is 1.00 bits per heavy atom. The highest BCUT2D eigenvalue weighted by Crippen LogP contribution is 2.21. The minimum absolute atomic E-state index is 0.0624. The van der Waals surface area contributed by atoms with E-state index in [4.69, 9.17) is 9.47 Å². The molecule has 8 nitrogen and oxygen atoms in total. The first-order chi connectivity index (χ1) is 16.9. The van der Waals surface area contributed by atoms with Gasteiger partial charge in [0.05, 0.1) is 16.9 Å². The van der Waals surface area contributed by atoms with E-state index in [1.807, 2.05) is 43.3 Å². The standard InChI is InChI=1S/C27H34N2O6S/c1-18(30)36-16-21(14-19-10-12-23(13-11-19)29(5)6)24(31)28-22-9-7-8-20(15-22)25(32)34-17-35-26(33)27(2,3)4/h7-13,15,21H,14,16-17H2,1-6H3,(H,28,31). The van der Waals surface area contributed by atoms with Crippen LogP contribution in [0.15, 0.2) is 48.5 Å². The van der Waals surface area contributed by atoms with Crippen LogP contribution in [-0.2, 0) is 30.3 Å². The molecule has 0 aliphatic heterocycles. The van der Waals surface area contributed by atoms with Crippen molar-refractivity contribution in [1.29, 1.82) is 0 Å². The fourth-order valence-corrected chi connectivity index (χ4v) is 3.77. The van der Waals surface area contributed by atoms with E-state index in [9.17, 15) is 19.2 Å². The molecular formula is C27H34N2O6S. The van der Waals surface area contributed by atoms with E-state index in [0.29, 0.717) is 17.9 Å². The van der Waals surface area contributed by atoms with Crippen LogP contribution in [0.2, 0.25) is 0 Å². The van der Waals surface area contributed by atoms with E-state index in [-0.39, 0.29) is 16.6 Å². The Kier molecular flexibility index (Phi) is 10.5. The Hall–Kier alpha value is -3.33. The van der Waals surface area contributed by atoms with Crippen molar-refractivity contribution in [2.75, 3.05) is 36.9 Å². The van der Waals surface area contributed by atoms with Crippen molar-refractivity contribution in [3.8, 4) is 0 Å². The minimum Gasteiger partial charge on any atom is -0.427 e. The summed E-state index contributed by atoms with van der Waals surface area (Å²) in [5.74, 6) is -1.56. The molecule has 1 N–H and O–H groups in total. The lowest BCUT2D eigenvalue weighted by atomic mass is 9.98. The van der Waals surface area contributed by atoms with E-state index in [1.54, 1.807) is 39.0 Å². The Balaban J connectivity index is 2.05. The summed E-state index contributed by atoms with van der Waals surface area (Å²) < 4.78 is 10.00. The largest absolute Gasteiger partial charge is 0.427 e. The number of esters is 2. The topological polar surface area (TPSA) is 102 Å². The molecule has 0 bridgehead atoms. The number of hydrogen-bond acceptors (Lipinski definition) is 8. The zero-order valence-electron chi connectivity index (χ0n) is 21.6. The van der Waals surface area contributed by atoms with Crippen molar-refractivity contribution in [1.82, 2.24) is 0 Å². The van der Waals surface area contributed by atoms with Crippen LogP contribution in [0.1, 0.15) is 43.6 Å². The van der Waals surface area contributed by atoms with Crippen molar-refractivity contribution < 1.29 is 28.7 Å². The molecule has 0 heterocycles. The Morgan fingerprint density at radius 2 is 1.67 bits per heavy atom. The third-order valence-corrected chi connectivity index (χ3v) is 6.13. The molecule has 0 saturated heterocycles. The van der Waals surface area contributed by atoms with Crippen LogP contribution in [0.3, 0.4) is 0 Å². The maximum Gasteiger partial charge on any atom is 0.341 e. The van der Waals surface area contributed by atoms with Crippen LogP contribution in [0.25, 0.3) is 0 Å². The number of anilines is 2. The highest BCUT2D eigenvalue weighted by Gasteiger charge is 2.24. The quantitative estimate of drug-likeness (QED) is 0.364. The van der Waals surface area contributed by atoms with Gasteiger partial charge in [-0.15, -0.1) is 0 Å². The molecular weight excluding hydrogens is 480 g/mol. The van der Waals surface area contributed by atoms with Gasteiger partial charge in [0, 0.05) is 38.1 Å². The van der Waals surface area contributed by atoms with E-state index in [1.165, 1.54) is 13.0 Å². The minimum atomic E-state index is -0.706. The van der Waals surface area contributed by atoms with Crippen LogP contribution in [-0.4, -0.2) is 49.6 Å². The average Bonchev–Trinajstić information content (AvgIpc) is 2.81. The molecule has 0 saturated carbocycles. The van der Waals surface area contributed by atoms with Gasteiger partial charge in [0.1, 0.15) is 0 Å². The molecule has 9 heteroatoms. The molecule has 2 aromatic rings. The van der Waals surface area contributed by atoms with Gasteiger partial charge < -0.3 is 19.7 Å². The van der Waals surface area contributed by atoms with Gasteiger partial charge in [0.15, 0.2) is 5.12 Å². The summed E-state index contributed by atoms with van der Waals surface area (Å²) in [6.45, 7) is 6.07. The fourth-order valence-electron chi connectivity index (χ4n) is 3.06. The first-order valence-corrected chi connectivity index (χ1v) is 12.5. The number of ether oxygens (including phenoxy) is 2. The Morgan fingerprint density at radius 3 is 2.25 bits per heavy atom. The SMILES string of the molecule is CC(=O)SCC(Cc1ccc(N(C)C)cc1)C(=O)Nc1cccc(C(=O)OCOC(=O)C(C)(C)C)c1. The molecule has 0 aliphatic carbocycles. The second kappa shape index (κ2) is 13.1. The van der Waals surface area contributed by atoms with E-state index in [0.717, 1.165) is 23.0 Å². The molecule has 0 fully saturated rings. The molecule has 1 unspecified atom stereocenters. The monoisotopic (exact) mass is 514 g/mol. The average molecular weight is 515 g/mol. The summed E-state index contributed by atoms with van der Waals surface area (Å²) in [5.41, 5.74) is 1.94. The second-order valence-electron chi connectivity index (χ2n) is 9.57. The lowest BCUT2D eigenvalue weighted by Gasteiger charge is -2.18. The number of nitrogens with one attached hydrogen (secondary N) is 1. The molecule has 2 rings (SSSR count). The lowest BCUT2D eigenvalue weighted by Crippen LogP contribution is -2.27. The number of nitrogens with zero attached hydrogens (tertiary/aromatic N) is 1. The van der Waals surface area contributed by atoms with Gasteiger partial charge in [-0.3, -0.25) is 14.4 Å². The van der Waals surface area contributed by atoms with Gasteiger partial charge in [-0.2, -0.15) is 0 Å². The maximum absolute atomic E-state index is 13.1. The third-order valence-electron chi connectivity index (χ3n) is 5.15. The summed E-state index contributed by atoms with van der Waals surface area (Å²) in [6.07, 6.45) is 0.459. The van der Waals surface area contributed by atoms with E-state index in [2.05, 4.69) is 5.32 Å². The Labute approximate surface area is 216 Å². The van der Waals surface area contributed by atoms with Crippen LogP contribution < -0.4 is 10.2 Å². The highest BCUT2D eigenvalue weighted by molar-refractivity contribution is 8.13. The molecule has 0 spiro atoms. The number of carbonyl (C=O) groups excluding carboxylic acids is 4. The fraction of sp³-hybridized carbons (Fsp3) is 0.407. The van der Waals surface area contributed by atoms with E-state index >= 15 is 0 Å². The molecule has 0 aliphatic rings. The van der Waals surface area contributed by atoms with Gasteiger partial charge in [-0.25, -0.2) is 4.79 Å². The van der Waals surface area contributed by atoms with Crippen LogP contribution >= 0.6 is 11.8 Å². The number of rotatable bonds is 10. The number of hydrogen-bond donors (Lipinski definition) is 1. The molecule has 1 amide bonds. The zero-order valence-corrected chi connectivity index (χ0v) is 22.4. The van der Waals surface area contributed by atoms with Crippen molar-refractivity contribution >= 4 is 46.1 Å². The number of thioether (sulfide) groups is 1. The lowest BCUT2D eigenvalue weighted by molar-refractivity contribution is -0.161. The van der Waals surface area contributed by atoms with Crippen molar-refractivity contribution in [2.24, 2.45) is 11.3 Å². The first kappa shape index (κ1) is 28.9. The number of amides is 1. The van der Waals surface area contributed by atoms with Crippen molar-refractivity contribution in [3.63, 3.8) is 0 Å². The van der Waals surface area contributed by atoms with Crippen molar-refractivity contribution in [3.05, 3.63) is 59.7 Å². The molecule has 2 aromatic carbocycles. The zero-order chi connectivity index (χ0) is 26.9.